The molecule has 0 aliphatic carbocycles. The molecule has 1 atom stereocenters. The number of para-hydroxylation sites is 1. The summed E-state index contributed by atoms with van der Waals surface area (Å²) in [5.74, 6) is -0.738. The molecule has 20 heavy (non-hydrogen) atoms. The Balaban J connectivity index is 2.26. The summed E-state index contributed by atoms with van der Waals surface area (Å²) in [5.41, 5.74) is 0. The van der Waals surface area contributed by atoms with Crippen molar-refractivity contribution in [3.63, 3.8) is 0 Å². The Morgan fingerprint density at radius 2 is 2.00 bits per heavy atom. The van der Waals surface area contributed by atoms with Crippen molar-refractivity contribution in [3.8, 4) is 5.75 Å². The number of hydrogen-bond acceptors (Lipinski definition) is 4. The lowest BCUT2D eigenvalue weighted by atomic mass is 10.3. The Morgan fingerprint density at radius 1 is 1.30 bits per heavy atom. The zero-order chi connectivity index (χ0) is 14.8. The summed E-state index contributed by atoms with van der Waals surface area (Å²) < 4.78 is 67.1. The number of hydrogen-bond donors (Lipinski definition) is 2. The van der Waals surface area contributed by atoms with Crippen LogP contribution in [-0.4, -0.2) is 33.9 Å². The van der Waals surface area contributed by atoms with Gasteiger partial charge in [0.15, 0.2) is 0 Å². The van der Waals surface area contributed by atoms with E-state index in [1.807, 2.05) is 0 Å². The predicted octanol–water partition coefficient (Wildman–Crippen LogP) is 1.23. The summed E-state index contributed by atoms with van der Waals surface area (Å²) in [5, 5.41) is 2.96. The monoisotopic (exact) mass is 310 g/mol. The van der Waals surface area contributed by atoms with E-state index in [-0.39, 0.29) is 6.04 Å². The highest BCUT2D eigenvalue weighted by Crippen LogP contribution is 2.29. The van der Waals surface area contributed by atoms with Gasteiger partial charge in [0.2, 0.25) is 10.0 Å². The largest absolute Gasteiger partial charge is 0.573 e. The lowest BCUT2D eigenvalue weighted by Gasteiger charge is -2.16. The number of nitrogens with one attached hydrogen (secondary N) is 2. The summed E-state index contributed by atoms with van der Waals surface area (Å²) in [7, 11) is -4.06. The lowest BCUT2D eigenvalue weighted by Crippen LogP contribution is -2.36. The molecule has 1 fully saturated rings. The maximum absolute atomic E-state index is 12.3. The van der Waals surface area contributed by atoms with Gasteiger partial charge < -0.3 is 10.1 Å². The van der Waals surface area contributed by atoms with Crippen LogP contribution in [0.25, 0.3) is 0 Å². The Bertz CT molecular complexity index is 569. The normalized spacial score (nSPS) is 20.1. The van der Waals surface area contributed by atoms with Crippen molar-refractivity contribution in [2.45, 2.75) is 23.7 Å². The van der Waals surface area contributed by atoms with Crippen molar-refractivity contribution in [1.82, 2.24) is 10.0 Å². The molecule has 112 valence electrons. The molecule has 2 rings (SSSR count). The molecule has 0 aromatic heterocycles. The van der Waals surface area contributed by atoms with Crippen LogP contribution in [-0.2, 0) is 10.0 Å². The number of benzene rings is 1. The number of rotatable bonds is 4. The van der Waals surface area contributed by atoms with E-state index in [0.717, 1.165) is 12.1 Å². The van der Waals surface area contributed by atoms with Gasteiger partial charge in [-0.15, -0.1) is 13.2 Å². The van der Waals surface area contributed by atoms with Gasteiger partial charge in [-0.1, -0.05) is 12.1 Å². The van der Waals surface area contributed by atoms with Crippen LogP contribution < -0.4 is 14.8 Å². The molecule has 1 aliphatic rings. The van der Waals surface area contributed by atoms with E-state index < -0.39 is 27.0 Å². The first kappa shape index (κ1) is 15.1. The van der Waals surface area contributed by atoms with Gasteiger partial charge in [0.05, 0.1) is 0 Å². The quantitative estimate of drug-likeness (QED) is 0.878. The van der Waals surface area contributed by atoms with E-state index in [4.69, 9.17) is 0 Å². The first-order valence-electron chi connectivity index (χ1n) is 5.86. The van der Waals surface area contributed by atoms with Gasteiger partial charge >= 0.3 is 6.36 Å². The van der Waals surface area contributed by atoms with E-state index in [0.29, 0.717) is 19.5 Å². The number of alkyl halides is 3. The molecule has 1 unspecified atom stereocenters. The van der Waals surface area contributed by atoms with Gasteiger partial charge in [0.25, 0.3) is 0 Å². The van der Waals surface area contributed by atoms with Gasteiger partial charge in [0, 0.05) is 12.6 Å². The molecule has 0 radical (unpaired) electrons. The van der Waals surface area contributed by atoms with Crippen molar-refractivity contribution in [2.24, 2.45) is 0 Å². The van der Waals surface area contributed by atoms with Gasteiger partial charge in [-0.25, -0.2) is 13.1 Å². The highest BCUT2D eigenvalue weighted by atomic mass is 32.2. The fraction of sp³-hybridized carbons (Fsp3) is 0.455. The second kappa shape index (κ2) is 5.58. The Labute approximate surface area is 114 Å². The summed E-state index contributed by atoms with van der Waals surface area (Å²) in [6.07, 6.45) is -4.36. The molecule has 0 bridgehead atoms. The van der Waals surface area contributed by atoms with Crippen LogP contribution in [0.4, 0.5) is 13.2 Å². The molecule has 1 aromatic rings. The lowest BCUT2D eigenvalue weighted by molar-refractivity contribution is -0.275. The zero-order valence-corrected chi connectivity index (χ0v) is 11.1. The molecule has 0 spiro atoms. The van der Waals surface area contributed by atoms with Crippen molar-refractivity contribution in [3.05, 3.63) is 24.3 Å². The highest BCUT2D eigenvalue weighted by molar-refractivity contribution is 7.89. The molecule has 0 saturated carbocycles. The van der Waals surface area contributed by atoms with Gasteiger partial charge in [-0.05, 0) is 25.1 Å². The molecular weight excluding hydrogens is 297 g/mol. The minimum atomic E-state index is -4.94. The van der Waals surface area contributed by atoms with E-state index in [9.17, 15) is 21.6 Å². The maximum atomic E-state index is 12.3. The SMILES string of the molecule is O=S(=O)(NC1CCNC1)c1ccccc1OC(F)(F)F. The Morgan fingerprint density at radius 3 is 2.60 bits per heavy atom. The smallest absolute Gasteiger partial charge is 0.404 e. The molecule has 9 heteroatoms. The predicted molar refractivity (Wildman–Crippen MR) is 64.7 cm³/mol. The summed E-state index contributed by atoms with van der Waals surface area (Å²) >= 11 is 0. The van der Waals surface area contributed by atoms with Gasteiger partial charge in [-0.3, -0.25) is 0 Å². The van der Waals surface area contributed by atoms with Crippen molar-refractivity contribution < 1.29 is 26.3 Å². The number of ether oxygens (including phenoxy) is 1. The van der Waals surface area contributed by atoms with Gasteiger partial charge in [-0.2, -0.15) is 0 Å². The Hall–Kier alpha value is -1.32. The van der Waals surface area contributed by atoms with E-state index >= 15 is 0 Å². The second-order valence-electron chi connectivity index (χ2n) is 4.31. The molecule has 1 aliphatic heterocycles. The number of halogens is 3. The fourth-order valence-corrected chi connectivity index (χ4v) is 3.32. The van der Waals surface area contributed by atoms with E-state index in [2.05, 4.69) is 14.8 Å². The first-order valence-corrected chi connectivity index (χ1v) is 7.34. The van der Waals surface area contributed by atoms with Crippen LogP contribution in [0.2, 0.25) is 0 Å². The minimum absolute atomic E-state index is 0.334. The fourth-order valence-electron chi connectivity index (χ4n) is 1.92. The summed E-state index contributed by atoms with van der Waals surface area (Å²) in [6.45, 7) is 1.11. The van der Waals surface area contributed by atoms with Gasteiger partial charge in [0.1, 0.15) is 10.6 Å². The van der Waals surface area contributed by atoms with Crippen LogP contribution >= 0.6 is 0 Å². The molecule has 2 N–H and O–H groups in total. The second-order valence-corrected chi connectivity index (χ2v) is 5.99. The summed E-state index contributed by atoms with van der Waals surface area (Å²) in [4.78, 5) is -0.524. The van der Waals surface area contributed by atoms with Crippen molar-refractivity contribution in [2.75, 3.05) is 13.1 Å². The minimum Gasteiger partial charge on any atom is -0.404 e. The molecular formula is C11H13F3N2O3S. The highest BCUT2D eigenvalue weighted by Gasteiger charge is 2.34. The summed E-state index contributed by atoms with van der Waals surface area (Å²) in [6, 6.07) is 4.32. The zero-order valence-electron chi connectivity index (χ0n) is 10.3. The molecule has 0 amide bonds. The van der Waals surface area contributed by atoms with Crippen LogP contribution in [0, 0.1) is 0 Å². The van der Waals surface area contributed by atoms with Crippen LogP contribution in [0.3, 0.4) is 0 Å². The molecule has 1 aromatic carbocycles. The van der Waals surface area contributed by atoms with Crippen molar-refractivity contribution in [1.29, 1.82) is 0 Å². The Kier molecular flexibility index (Phi) is 4.21. The average molecular weight is 310 g/mol. The first-order chi connectivity index (χ1) is 9.28. The maximum Gasteiger partial charge on any atom is 0.573 e. The molecule has 1 saturated heterocycles. The topological polar surface area (TPSA) is 67.4 Å². The van der Waals surface area contributed by atoms with E-state index in [1.54, 1.807) is 0 Å². The third-order valence-corrected chi connectivity index (χ3v) is 4.31. The van der Waals surface area contributed by atoms with Crippen LogP contribution in [0.15, 0.2) is 29.2 Å². The van der Waals surface area contributed by atoms with E-state index in [1.165, 1.54) is 12.1 Å². The van der Waals surface area contributed by atoms with Crippen LogP contribution in [0.1, 0.15) is 6.42 Å². The van der Waals surface area contributed by atoms with Crippen LogP contribution in [0.5, 0.6) is 5.75 Å². The number of sulfonamides is 1. The van der Waals surface area contributed by atoms with Crippen molar-refractivity contribution >= 4 is 10.0 Å². The third-order valence-electron chi connectivity index (χ3n) is 2.75. The standard InChI is InChI=1S/C11H13F3N2O3S/c12-11(13,14)19-9-3-1-2-4-10(9)20(17,18)16-8-5-6-15-7-8/h1-4,8,15-16H,5-7H2. The molecule has 1 heterocycles. The third kappa shape index (κ3) is 3.84. The molecule has 5 nitrogen and oxygen atoms in total. The average Bonchev–Trinajstić information content (AvgIpc) is 2.79.